The van der Waals surface area contributed by atoms with E-state index in [2.05, 4.69) is 15.0 Å². The highest BCUT2D eigenvalue weighted by Gasteiger charge is 2.28. The lowest BCUT2D eigenvalue weighted by Gasteiger charge is -2.23. The summed E-state index contributed by atoms with van der Waals surface area (Å²) in [6, 6.07) is 9.30. The Morgan fingerprint density at radius 2 is 1.77 bits per heavy atom. The number of fused-ring (bicyclic) bond motifs is 1. The number of anilines is 1. The van der Waals surface area contributed by atoms with Crippen LogP contribution in [0.2, 0.25) is 5.15 Å². The second-order valence-electron chi connectivity index (χ2n) is 10.7. The summed E-state index contributed by atoms with van der Waals surface area (Å²) in [4.78, 5) is 29.8. The Kier molecular flexibility index (Phi) is 7.50. The van der Waals surface area contributed by atoms with E-state index in [0.717, 1.165) is 5.56 Å². The number of nitrogens with zero attached hydrogens (tertiary/aromatic N) is 2. The molecule has 4 rings (SSSR count). The SMILES string of the molecule is Cc1cc(C(C)Nc2ccc(Cl)nc2S(=O)(=O)NC(C)(C)C)c2oc(-c3ccn(C)c(=O)c3)c(C)c(=O)c2c1. The fourth-order valence-corrected chi connectivity index (χ4v) is 6.08. The Labute approximate surface area is 231 Å². The summed E-state index contributed by atoms with van der Waals surface area (Å²) in [6.45, 7) is 10.6. The maximum Gasteiger partial charge on any atom is 0.260 e. The van der Waals surface area contributed by atoms with Crippen LogP contribution in [-0.4, -0.2) is 23.5 Å². The lowest BCUT2D eigenvalue weighted by Crippen LogP contribution is -2.41. The molecule has 3 aromatic heterocycles. The predicted molar refractivity (Wildman–Crippen MR) is 154 cm³/mol. The van der Waals surface area contributed by atoms with Crippen LogP contribution in [0.1, 0.15) is 50.4 Å². The molecule has 206 valence electrons. The van der Waals surface area contributed by atoms with Gasteiger partial charge < -0.3 is 14.3 Å². The summed E-state index contributed by atoms with van der Waals surface area (Å²) in [5.41, 5.74) is 1.72. The fourth-order valence-electron chi connectivity index (χ4n) is 4.35. The monoisotopic (exact) mass is 570 g/mol. The van der Waals surface area contributed by atoms with Crippen molar-refractivity contribution < 1.29 is 12.8 Å². The summed E-state index contributed by atoms with van der Waals surface area (Å²) >= 11 is 6.07. The number of nitrogens with one attached hydrogen (secondary N) is 2. The molecule has 0 radical (unpaired) electrons. The molecule has 1 aromatic carbocycles. The van der Waals surface area contributed by atoms with Gasteiger partial charge in [0.05, 0.1) is 17.1 Å². The first-order chi connectivity index (χ1) is 18.1. The van der Waals surface area contributed by atoms with Crippen molar-refractivity contribution >= 4 is 38.3 Å². The molecule has 0 spiro atoms. The largest absolute Gasteiger partial charge is 0.455 e. The molecule has 0 saturated heterocycles. The highest BCUT2D eigenvalue weighted by Crippen LogP contribution is 2.33. The number of hydrogen-bond donors (Lipinski definition) is 2. The van der Waals surface area contributed by atoms with Crippen molar-refractivity contribution in [2.24, 2.45) is 7.05 Å². The highest BCUT2D eigenvalue weighted by molar-refractivity contribution is 7.89. The molecule has 0 aliphatic carbocycles. The van der Waals surface area contributed by atoms with Crippen molar-refractivity contribution in [2.75, 3.05) is 5.32 Å². The van der Waals surface area contributed by atoms with Crippen LogP contribution in [0.3, 0.4) is 0 Å². The van der Waals surface area contributed by atoms with Crippen LogP contribution in [0.4, 0.5) is 5.69 Å². The van der Waals surface area contributed by atoms with Crippen molar-refractivity contribution in [2.45, 2.75) is 58.1 Å². The number of benzene rings is 1. The lowest BCUT2D eigenvalue weighted by atomic mass is 9.99. The van der Waals surface area contributed by atoms with E-state index < -0.39 is 21.6 Å². The minimum Gasteiger partial charge on any atom is -0.455 e. The Morgan fingerprint density at radius 1 is 1.08 bits per heavy atom. The van der Waals surface area contributed by atoms with Gasteiger partial charge in [-0.15, -0.1) is 0 Å². The molecule has 0 amide bonds. The molecule has 9 nitrogen and oxygen atoms in total. The van der Waals surface area contributed by atoms with Gasteiger partial charge in [-0.25, -0.2) is 18.1 Å². The number of pyridine rings is 2. The third-order valence-corrected chi connectivity index (χ3v) is 8.03. The number of aryl methyl sites for hydroxylation is 2. The van der Waals surface area contributed by atoms with Gasteiger partial charge in [-0.2, -0.15) is 0 Å². The minimum absolute atomic E-state index is 0.0311. The molecule has 4 aromatic rings. The quantitative estimate of drug-likeness (QED) is 0.310. The third-order valence-electron chi connectivity index (χ3n) is 6.12. The zero-order chi connectivity index (χ0) is 28.9. The molecular formula is C28H31ClN4O5S. The number of rotatable bonds is 6. The van der Waals surface area contributed by atoms with E-state index in [1.165, 1.54) is 16.7 Å². The standard InChI is InChI=1S/C28H31ClN4O5S/c1-15-12-19(17(3)30-21-8-9-22(29)31-27(21)39(36,37)32-28(4,5)6)26-20(13-15)24(35)16(2)25(38-26)18-10-11-33(7)23(34)14-18/h8-14,17,30,32H,1-7H3. The summed E-state index contributed by atoms with van der Waals surface area (Å²) in [6.07, 6.45) is 1.61. The number of aromatic nitrogens is 2. The fraction of sp³-hybridized carbons (Fsp3) is 0.321. The second kappa shape index (κ2) is 10.3. The van der Waals surface area contributed by atoms with E-state index in [1.54, 1.807) is 59.1 Å². The van der Waals surface area contributed by atoms with Crippen molar-refractivity contribution in [3.8, 4) is 11.3 Å². The Hall–Kier alpha value is -3.47. The molecule has 1 atom stereocenters. The molecule has 0 fully saturated rings. The Bertz CT molecular complexity index is 1820. The van der Waals surface area contributed by atoms with Crippen LogP contribution < -0.4 is 21.0 Å². The van der Waals surface area contributed by atoms with E-state index in [0.29, 0.717) is 33.4 Å². The van der Waals surface area contributed by atoms with Gasteiger partial charge >= 0.3 is 0 Å². The first-order valence-electron chi connectivity index (χ1n) is 12.3. The van der Waals surface area contributed by atoms with Crippen LogP contribution in [0.15, 0.2) is 61.6 Å². The summed E-state index contributed by atoms with van der Waals surface area (Å²) in [7, 11) is -2.39. The normalized spacial score (nSPS) is 13.0. The Balaban J connectivity index is 1.87. The average molecular weight is 571 g/mol. The summed E-state index contributed by atoms with van der Waals surface area (Å²) < 4.78 is 36.7. The highest BCUT2D eigenvalue weighted by atomic mass is 35.5. The van der Waals surface area contributed by atoms with Gasteiger partial charge in [0.1, 0.15) is 16.5 Å². The molecule has 11 heteroatoms. The van der Waals surface area contributed by atoms with Gasteiger partial charge in [0.2, 0.25) is 0 Å². The van der Waals surface area contributed by atoms with Crippen molar-refractivity contribution in [1.29, 1.82) is 0 Å². The van der Waals surface area contributed by atoms with Crippen molar-refractivity contribution in [3.63, 3.8) is 0 Å². The first-order valence-corrected chi connectivity index (χ1v) is 14.2. The first kappa shape index (κ1) is 28.5. The summed E-state index contributed by atoms with van der Waals surface area (Å²) in [5.74, 6) is 0.299. The van der Waals surface area contributed by atoms with E-state index in [4.69, 9.17) is 16.0 Å². The van der Waals surface area contributed by atoms with Crippen LogP contribution in [0.5, 0.6) is 0 Å². The number of halogens is 1. The van der Waals surface area contributed by atoms with Gasteiger partial charge in [-0.05, 0) is 71.4 Å². The molecule has 0 bridgehead atoms. The van der Waals surface area contributed by atoms with Gasteiger partial charge in [-0.3, -0.25) is 9.59 Å². The maximum absolute atomic E-state index is 13.4. The van der Waals surface area contributed by atoms with E-state index in [1.807, 2.05) is 19.9 Å². The van der Waals surface area contributed by atoms with E-state index in [9.17, 15) is 18.0 Å². The molecule has 0 saturated carbocycles. The third kappa shape index (κ3) is 5.93. The van der Waals surface area contributed by atoms with Gasteiger partial charge in [-0.1, -0.05) is 17.7 Å². The topological polar surface area (TPSA) is 123 Å². The second-order valence-corrected chi connectivity index (χ2v) is 12.7. The van der Waals surface area contributed by atoms with Gasteiger partial charge in [0.25, 0.3) is 15.6 Å². The van der Waals surface area contributed by atoms with Crippen LogP contribution in [0.25, 0.3) is 22.3 Å². The Morgan fingerprint density at radius 3 is 2.41 bits per heavy atom. The molecule has 39 heavy (non-hydrogen) atoms. The number of hydrogen-bond acceptors (Lipinski definition) is 7. The van der Waals surface area contributed by atoms with Gasteiger partial charge in [0.15, 0.2) is 10.5 Å². The zero-order valence-corrected chi connectivity index (χ0v) is 24.4. The van der Waals surface area contributed by atoms with Gasteiger partial charge in [0, 0.05) is 41.5 Å². The zero-order valence-electron chi connectivity index (χ0n) is 22.8. The lowest BCUT2D eigenvalue weighted by molar-refractivity contribution is 0.490. The molecule has 0 aliphatic heterocycles. The van der Waals surface area contributed by atoms with E-state index >= 15 is 0 Å². The molecule has 2 N–H and O–H groups in total. The summed E-state index contributed by atoms with van der Waals surface area (Å²) in [5, 5.41) is 3.40. The van der Waals surface area contributed by atoms with Crippen molar-refractivity contribution in [1.82, 2.24) is 14.3 Å². The van der Waals surface area contributed by atoms with Crippen LogP contribution in [0, 0.1) is 13.8 Å². The minimum atomic E-state index is -4.03. The average Bonchev–Trinajstić information content (AvgIpc) is 2.82. The predicted octanol–water partition coefficient (Wildman–Crippen LogP) is 5.07. The maximum atomic E-state index is 13.4. The van der Waals surface area contributed by atoms with Crippen LogP contribution >= 0.6 is 11.6 Å². The van der Waals surface area contributed by atoms with E-state index in [-0.39, 0.29) is 26.9 Å². The van der Waals surface area contributed by atoms with Crippen molar-refractivity contribution in [3.05, 3.63) is 85.0 Å². The molecule has 1 unspecified atom stereocenters. The number of sulfonamides is 1. The smallest absolute Gasteiger partial charge is 0.260 e. The molecule has 3 heterocycles. The van der Waals surface area contributed by atoms with Crippen LogP contribution in [-0.2, 0) is 17.1 Å². The molecular weight excluding hydrogens is 540 g/mol. The molecule has 0 aliphatic rings.